The molecule has 0 fully saturated rings. The number of nitrogens with one attached hydrogen (secondary N) is 1. The molecule has 7 heteroatoms. The summed E-state index contributed by atoms with van der Waals surface area (Å²) >= 11 is 0. The Morgan fingerprint density at radius 3 is 2.18 bits per heavy atom. The normalized spacial score (nSPS) is 13.3. The zero-order valence-corrected chi connectivity index (χ0v) is 21.3. The summed E-state index contributed by atoms with van der Waals surface area (Å²) in [5.74, 6) is 0.363. The summed E-state index contributed by atoms with van der Waals surface area (Å²) in [6.45, 7) is 10.6. The van der Waals surface area contributed by atoms with Gasteiger partial charge in [0.15, 0.2) is 5.78 Å². The number of hydrogen-bond donors (Lipinski definition) is 1. The first-order valence-corrected chi connectivity index (χ1v) is 14.7. The highest BCUT2D eigenvalue weighted by Gasteiger charge is 2.27. The Kier molecular flexibility index (Phi) is 7.53. The summed E-state index contributed by atoms with van der Waals surface area (Å²) in [6.07, 6.45) is 1.90. The van der Waals surface area contributed by atoms with Crippen molar-refractivity contribution in [1.82, 2.24) is 15.1 Å². The first-order valence-electron chi connectivity index (χ1n) is 11.2. The van der Waals surface area contributed by atoms with Gasteiger partial charge in [-0.05, 0) is 43.2 Å². The smallest absolute Gasteiger partial charge is 0.245 e. The summed E-state index contributed by atoms with van der Waals surface area (Å²) in [4.78, 5) is 26.5. The van der Waals surface area contributed by atoms with Gasteiger partial charge in [-0.1, -0.05) is 61.2 Å². The molecule has 0 bridgehead atoms. The van der Waals surface area contributed by atoms with Crippen LogP contribution in [0.25, 0.3) is 0 Å². The van der Waals surface area contributed by atoms with E-state index in [9.17, 15) is 9.59 Å². The molecule has 0 radical (unpaired) electrons. The van der Waals surface area contributed by atoms with Crippen molar-refractivity contribution >= 4 is 25.0 Å². The van der Waals surface area contributed by atoms with Gasteiger partial charge in [0.25, 0.3) is 0 Å². The molecule has 2 unspecified atom stereocenters. The van der Waals surface area contributed by atoms with Crippen molar-refractivity contribution < 1.29 is 14.3 Å². The molecule has 1 aromatic heterocycles. The zero-order valence-electron chi connectivity index (χ0n) is 20.3. The number of aromatic nitrogens is 2. The van der Waals surface area contributed by atoms with Gasteiger partial charge in [-0.3, -0.25) is 14.3 Å². The number of nitrogens with zero attached hydrogens (tertiary/aromatic N) is 2. The third-order valence-corrected chi connectivity index (χ3v) is 7.94. The van der Waals surface area contributed by atoms with Crippen molar-refractivity contribution in [2.24, 2.45) is 0 Å². The summed E-state index contributed by atoms with van der Waals surface area (Å²) in [5.41, 5.74) is 2.54. The largest absolute Gasteiger partial charge is 0.497 e. The molecule has 3 rings (SSSR count). The molecular formula is C26H33N3O3Si. The molecule has 0 aliphatic rings. The molecule has 2 aromatic carbocycles. The van der Waals surface area contributed by atoms with Crippen LogP contribution in [0.4, 0.5) is 0 Å². The van der Waals surface area contributed by atoms with E-state index in [1.807, 2.05) is 37.3 Å². The molecule has 0 saturated heterocycles. The van der Waals surface area contributed by atoms with Crippen molar-refractivity contribution in [3.05, 3.63) is 77.6 Å². The van der Waals surface area contributed by atoms with E-state index in [-0.39, 0.29) is 18.1 Å². The predicted molar refractivity (Wildman–Crippen MR) is 134 cm³/mol. The number of ether oxygens (including phenoxy) is 1. The maximum atomic E-state index is 13.4. The van der Waals surface area contributed by atoms with Gasteiger partial charge in [0.2, 0.25) is 5.91 Å². The SMILES string of the molecule is COc1ccc(C(NC(=O)C(C)n2nccc2C)C(=O)Cc2ccc([Si](C)(C)C)cc2)cc1. The number of amides is 1. The fourth-order valence-electron chi connectivity index (χ4n) is 3.73. The average Bonchev–Trinajstić information content (AvgIpc) is 3.22. The Morgan fingerprint density at radius 2 is 1.67 bits per heavy atom. The zero-order chi connectivity index (χ0) is 24.2. The van der Waals surface area contributed by atoms with Gasteiger partial charge in [-0.25, -0.2) is 0 Å². The van der Waals surface area contributed by atoms with E-state index in [1.54, 1.807) is 37.0 Å². The van der Waals surface area contributed by atoms with Crippen LogP contribution in [-0.4, -0.2) is 36.7 Å². The van der Waals surface area contributed by atoms with Crippen molar-refractivity contribution in [1.29, 1.82) is 0 Å². The van der Waals surface area contributed by atoms with Gasteiger partial charge < -0.3 is 10.1 Å². The molecule has 0 aliphatic carbocycles. The number of hydrogen-bond acceptors (Lipinski definition) is 4. The summed E-state index contributed by atoms with van der Waals surface area (Å²) in [5, 5.41) is 8.55. The van der Waals surface area contributed by atoms with Crippen LogP contribution in [0.2, 0.25) is 19.6 Å². The van der Waals surface area contributed by atoms with Crippen LogP contribution >= 0.6 is 0 Å². The quantitative estimate of drug-likeness (QED) is 0.487. The first-order chi connectivity index (χ1) is 15.6. The van der Waals surface area contributed by atoms with Gasteiger partial charge in [0, 0.05) is 18.3 Å². The molecule has 0 saturated carbocycles. The molecule has 1 amide bonds. The first kappa shape index (κ1) is 24.4. The van der Waals surface area contributed by atoms with Crippen LogP contribution in [-0.2, 0) is 16.0 Å². The number of ketones is 1. The van der Waals surface area contributed by atoms with Crippen LogP contribution in [0.1, 0.15) is 35.8 Å². The molecule has 1 N–H and O–H groups in total. The van der Waals surface area contributed by atoms with Crippen molar-refractivity contribution in [2.45, 2.75) is 52.0 Å². The van der Waals surface area contributed by atoms with E-state index in [2.05, 4.69) is 42.2 Å². The topological polar surface area (TPSA) is 73.2 Å². The van der Waals surface area contributed by atoms with E-state index in [0.717, 1.165) is 16.8 Å². The Balaban J connectivity index is 1.83. The van der Waals surface area contributed by atoms with E-state index >= 15 is 0 Å². The van der Waals surface area contributed by atoms with Crippen molar-refractivity contribution in [3.63, 3.8) is 0 Å². The van der Waals surface area contributed by atoms with Gasteiger partial charge in [0.05, 0.1) is 15.2 Å². The number of rotatable bonds is 9. The van der Waals surface area contributed by atoms with Crippen LogP contribution in [0.5, 0.6) is 5.75 Å². The highest BCUT2D eigenvalue weighted by atomic mass is 28.3. The Morgan fingerprint density at radius 1 is 1.03 bits per heavy atom. The number of Topliss-reactive ketones (excluding diaryl/α,β-unsaturated/α-hetero) is 1. The highest BCUT2D eigenvalue weighted by Crippen LogP contribution is 2.21. The summed E-state index contributed by atoms with van der Waals surface area (Å²) in [6, 6.07) is 16.1. The lowest BCUT2D eigenvalue weighted by Crippen LogP contribution is -2.39. The van der Waals surface area contributed by atoms with Crippen molar-refractivity contribution in [3.8, 4) is 5.75 Å². The molecule has 6 nitrogen and oxygen atoms in total. The molecule has 0 spiro atoms. The molecule has 1 heterocycles. The lowest BCUT2D eigenvalue weighted by Gasteiger charge is -2.22. The second kappa shape index (κ2) is 10.2. The maximum absolute atomic E-state index is 13.4. The molecule has 33 heavy (non-hydrogen) atoms. The van der Waals surface area contributed by atoms with Crippen LogP contribution in [0.15, 0.2) is 60.8 Å². The predicted octanol–water partition coefficient (Wildman–Crippen LogP) is 3.98. The molecule has 2 atom stereocenters. The fraction of sp³-hybridized carbons (Fsp3) is 0.346. The lowest BCUT2D eigenvalue weighted by atomic mass is 9.97. The fourth-order valence-corrected chi connectivity index (χ4v) is 4.90. The highest BCUT2D eigenvalue weighted by molar-refractivity contribution is 6.88. The standard InChI is InChI=1S/C26H33N3O3Si/c1-18-15-16-27-29(18)19(2)26(31)28-25(21-9-11-22(32-3)12-10-21)24(30)17-20-7-13-23(14-8-20)33(4,5)6/h7-16,19,25H,17H2,1-6H3,(H,28,31). The monoisotopic (exact) mass is 463 g/mol. The summed E-state index contributed by atoms with van der Waals surface area (Å²) in [7, 11) is 0.188. The van der Waals surface area contributed by atoms with Gasteiger partial charge in [0.1, 0.15) is 17.8 Å². The molecule has 0 aliphatic heterocycles. The van der Waals surface area contributed by atoms with Crippen molar-refractivity contribution in [2.75, 3.05) is 7.11 Å². The van der Waals surface area contributed by atoms with Crippen LogP contribution < -0.4 is 15.2 Å². The van der Waals surface area contributed by atoms with E-state index in [1.165, 1.54) is 5.19 Å². The number of carbonyl (C=O) groups is 2. The average molecular weight is 464 g/mol. The van der Waals surface area contributed by atoms with Gasteiger partial charge >= 0.3 is 0 Å². The lowest BCUT2D eigenvalue weighted by molar-refractivity contribution is -0.129. The summed E-state index contributed by atoms with van der Waals surface area (Å²) < 4.78 is 6.90. The van der Waals surface area contributed by atoms with E-state index in [4.69, 9.17) is 4.74 Å². The van der Waals surface area contributed by atoms with E-state index < -0.39 is 20.2 Å². The number of benzene rings is 2. The third kappa shape index (κ3) is 5.99. The second-order valence-corrected chi connectivity index (χ2v) is 14.5. The Labute approximate surface area is 197 Å². The second-order valence-electron chi connectivity index (χ2n) is 9.40. The van der Waals surface area contributed by atoms with E-state index in [0.29, 0.717) is 5.75 Å². The molecule has 174 valence electrons. The Hall–Kier alpha value is -3.19. The third-order valence-electron chi connectivity index (χ3n) is 5.87. The maximum Gasteiger partial charge on any atom is 0.245 e. The minimum absolute atomic E-state index is 0.0707. The Bertz CT molecular complexity index is 1100. The van der Waals surface area contributed by atoms with Crippen LogP contribution in [0, 0.1) is 6.92 Å². The van der Waals surface area contributed by atoms with Gasteiger partial charge in [-0.15, -0.1) is 0 Å². The van der Waals surface area contributed by atoms with Crippen LogP contribution in [0.3, 0.4) is 0 Å². The molecule has 3 aromatic rings. The number of carbonyl (C=O) groups excluding carboxylic acids is 2. The number of methoxy groups -OCH3 is 1. The minimum atomic E-state index is -1.41. The molecular weight excluding hydrogens is 430 g/mol. The number of aryl methyl sites for hydroxylation is 1. The van der Waals surface area contributed by atoms with Gasteiger partial charge in [-0.2, -0.15) is 5.10 Å². The minimum Gasteiger partial charge on any atom is -0.497 e.